The van der Waals surface area contributed by atoms with E-state index in [-0.39, 0.29) is 0 Å². The molecule has 0 spiro atoms. The molecular formula is C28H44N4O3Si. The van der Waals surface area contributed by atoms with E-state index in [1.165, 1.54) is 22.4 Å². The average molecular weight is 513 g/mol. The maximum Gasteiger partial charge on any atom is 0.500 e. The van der Waals surface area contributed by atoms with Gasteiger partial charge in [0, 0.05) is 50.5 Å². The summed E-state index contributed by atoms with van der Waals surface area (Å²) in [6.07, 6.45) is 5.28. The first kappa shape index (κ1) is 28.3. The highest BCUT2D eigenvalue weighted by Gasteiger charge is 2.39. The Labute approximate surface area is 218 Å². The third kappa shape index (κ3) is 7.88. The molecule has 2 heterocycles. The molecule has 36 heavy (non-hydrogen) atoms. The molecule has 0 bridgehead atoms. The number of benzene rings is 1. The fourth-order valence-corrected chi connectivity index (χ4v) is 7.52. The van der Waals surface area contributed by atoms with Gasteiger partial charge < -0.3 is 28.4 Å². The minimum atomic E-state index is -2.57. The lowest BCUT2D eigenvalue weighted by Crippen LogP contribution is -2.46. The summed E-state index contributed by atoms with van der Waals surface area (Å²) >= 11 is 0. The lowest BCUT2D eigenvalue weighted by atomic mass is 10.0. The molecule has 0 amide bonds. The van der Waals surface area contributed by atoms with Gasteiger partial charge in [0.1, 0.15) is 0 Å². The molecule has 3 rings (SSSR count). The molecule has 1 aromatic heterocycles. The van der Waals surface area contributed by atoms with Crippen molar-refractivity contribution in [1.82, 2.24) is 15.2 Å². The van der Waals surface area contributed by atoms with Crippen LogP contribution in [0.3, 0.4) is 0 Å². The van der Waals surface area contributed by atoms with Crippen LogP contribution in [0.2, 0.25) is 6.04 Å². The van der Waals surface area contributed by atoms with Crippen molar-refractivity contribution in [3.63, 3.8) is 0 Å². The topological polar surface area (TPSA) is 59.1 Å². The zero-order valence-electron chi connectivity index (χ0n) is 23.0. The van der Waals surface area contributed by atoms with Crippen molar-refractivity contribution >= 4 is 14.5 Å². The standard InChI is InChI=1S/C28H44N4O3Si/c1-7-33-36(34-8-2,35-9-3)17-11-14-29-20-26-12-10-13-27(30-26)21-31-15-16-32(22-31)28-24(5)18-23(4)19-25(28)6/h10,12-13,15-16,18-19,29H,7-9,11,14,17,20-22H2,1-6H3. The molecule has 7 nitrogen and oxygen atoms in total. The minimum absolute atomic E-state index is 0.616. The average Bonchev–Trinajstić information content (AvgIpc) is 3.26. The molecule has 0 unspecified atom stereocenters. The molecule has 0 aliphatic carbocycles. The summed E-state index contributed by atoms with van der Waals surface area (Å²) in [7, 11) is -2.57. The van der Waals surface area contributed by atoms with Gasteiger partial charge in [-0.25, -0.2) is 0 Å². The van der Waals surface area contributed by atoms with Gasteiger partial charge in [0.15, 0.2) is 0 Å². The summed E-state index contributed by atoms with van der Waals surface area (Å²) in [6.45, 7) is 17.6. The molecule has 0 fully saturated rings. The molecule has 0 saturated heterocycles. The Balaban J connectivity index is 1.48. The summed E-state index contributed by atoms with van der Waals surface area (Å²) in [6, 6.07) is 11.6. The first-order valence-corrected chi connectivity index (χ1v) is 15.2. The van der Waals surface area contributed by atoms with E-state index in [0.717, 1.165) is 50.2 Å². The number of nitrogens with zero attached hydrogens (tertiary/aromatic N) is 3. The maximum atomic E-state index is 5.95. The van der Waals surface area contributed by atoms with Gasteiger partial charge in [0.05, 0.1) is 24.6 Å². The van der Waals surface area contributed by atoms with E-state index in [4.69, 9.17) is 18.3 Å². The molecule has 8 heteroatoms. The lowest BCUT2D eigenvalue weighted by molar-refractivity contribution is 0.0708. The van der Waals surface area contributed by atoms with Gasteiger partial charge in [-0.3, -0.25) is 4.98 Å². The van der Waals surface area contributed by atoms with Gasteiger partial charge in [-0.05, 0) is 77.8 Å². The van der Waals surface area contributed by atoms with Crippen LogP contribution < -0.4 is 10.2 Å². The Hall–Kier alpha value is -2.23. The fraction of sp³-hybridized carbons (Fsp3) is 0.536. The van der Waals surface area contributed by atoms with Crippen molar-refractivity contribution in [3.05, 3.63) is 70.8 Å². The highest BCUT2D eigenvalue weighted by Crippen LogP contribution is 2.29. The van der Waals surface area contributed by atoms with Crippen LogP contribution in [0.25, 0.3) is 0 Å². The van der Waals surface area contributed by atoms with E-state index in [1.54, 1.807) is 0 Å². The monoisotopic (exact) mass is 512 g/mol. The predicted molar refractivity (Wildman–Crippen MR) is 149 cm³/mol. The van der Waals surface area contributed by atoms with Gasteiger partial charge in [0.25, 0.3) is 0 Å². The quantitative estimate of drug-likeness (QED) is 0.257. The largest absolute Gasteiger partial charge is 0.500 e. The lowest BCUT2D eigenvalue weighted by Gasteiger charge is -2.28. The predicted octanol–water partition coefficient (Wildman–Crippen LogP) is 5.29. The second-order valence-electron chi connectivity index (χ2n) is 9.29. The van der Waals surface area contributed by atoms with Gasteiger partial charge in [-0.15, -0.1) is 0 Å². The van der Waals surface area contributed by atoms with Crippen molar-refractivity contribution in [2.75, 3.05) is 37.9 Å². The number of hydrogen-bond acceptors (Lipinski definition) is 7. The molecule has 0 atom stereocenters. The van der Waals surface area contributed by atoms with Crippen molar-refractivity contribution in [3.8, 4) is 0 Å². The Morgan fingerprint density at radius 3 is 2.19 bits per heavy atom. The number of aryl methyl sites for hydroxylation is 3. The Kier molecular flexibility index (Phi) is 10.9. The second-order valence-corrected chi connectivity index (χ2v) is 12.0. The molecular weight excluding hydrogens is 468 g/mol. The van der Waals surface area contributed by atoms with Crippen LogP contribution in [-0.2, 0) is 26.4 Å². The number of aromatic nitrogens is 1. The van der Waals surface area contributed by atoms with E-state index < -0.39 is 8.80 Å². The summed E-state index contributed by atoms with van der Waals surface area (Å²) in [5.74, 6) is 0. The van der Waals surface area contributed by atoms with Crippen molar-refractivity contribution in [2.24, 2.45) is 0 Å². The molecule has 1 aromatic carbocycles. The first-order valence-electron chi connectivity index (χ1n) is 13.2. The zero-order chi connectivity index (χ0) is 26.0. The normalized spacial score (nSPS) is 13.7. The number of rotatable bonds is 15. The third-order valence-corrected chi connectivity index (χ3v) is 9.33. The van der Waals surface area contributed by atoms with Gasteiger partial charge >= 0.3 is 8.80 Å². The van der Waals surface area contributed by atoms with Crippen LogP contribution >= 0.6 is 0 Å². The van der Waals surface area contributed by atoms with Gasteiger partial charge in [-0.1, -0.05) is 23.8 Å². The summed E-state index contributed by atoms with van der Waals surface area (Å²) in [5.41, 5.74) is 7.37. The van der Waals surface area contributed by atoms with Crippen LogP contribution in [0.15, 0.2) is 42.7 Å². The Bertz CT molecular complexity index is 960. The van der Waals surface area contributed by atoms with E-state index in [1.807, 2.05) is 20.8 Å². The van der Waals surface area contributed by atoms with Crippen LogP contribution in [0, 0.1) is 20.8 Å². The zero-order valence-corrected chi connectivity index (χ0v) is 24.0. The fourth-order valence-electron chi connectivity index (χ4n) is 4.91. The molecule has 1 aliphatic rings. The summed E-state index contributed by atoms with van der Waals surface area (Å²) in [5, 5.41) is 3.52. The minimum Gasteiger partial charge on any atom is -0.374 e. The number of anilines is 1. The molecule has 1 N–H and O–H groups in total. The third-order valence-electron chi connectivity index (χ3n) is 6.18. The SMILES string of the molecule is CCO[Si](CCCNCc1cccc(CN2C=CN(c3c(C)cc(C)cc3C)C2)n1)(OCC)OCC. The number of pyridine rings is 1. The number of hydrogen-bond donors (Lipinski definition) is 1. The van der Waals surface area contributed by atoms with E-state index in [2.05, 4.69) is 78.6 Å². The van der Waals surface area contributed by atoms with E-state index in [9.17, 15) is 0 Å². The van der Waals surface area contributed by atoms with Crippen LogP contribution in [-0.4, -0.2) is 51.7 Å². The van der Waals surface area contributed by atoms with Crippen molar-refractivity contribution in [1.29, 1.82) is 0 Å². The summed E-state index contributed by atoms with van der Waals surface area (Å²) in [4.78, 5) is 9.52. The Morgan fingerprint density at radius 1 is 0.917 bits per heavy atom. The van der Waals surface area contributed by atoms with Crippen molar-refractivity contribution < 1.29 is 13.3 Å². The van der Waals surface area contributed by atoms with Gasteiger partial charge in [0.2, 0.25) is 0 Å². The summed E-state index contributed by atoms with van der Waals surface area (Å²) < 4.78 is 17.8. The Morgan fingerprint density at radius 2 is 1.56 bits per heavy atom. The first-order chi connectivity index (χ1) is 17.4. The van der Waals surface area contributed by atoms with Crippen molar-refractivity contribution in [2.45, 2.75) is 67.1 Å². The number of nitrogens with one attached hydrogen (secondary N) is 1. The molecule has 198 valence electrons. The maximum absolute atomic E-state index is 5.95. The second kappa shape index (κ2) is 13.9. The smallest absolute Gasteiger partial charge is 0.374 e. The van der Waals surface area contributed by atoms with Crippen LogP contribution in [0.5, 0.6) is 0 Å². The highest BCUT2D eigenvalue weighted by atomic mass is 28.4. The molecule has 2 aromatic rings. The van der Waals surface area contributed by atoms with Gasteiger partial charge in [-0.2, -0.15) is 0 Å². The van der Waals surface area contributed by atoms with E-state index in [0.29, 0.717) is 19.8 Å². The molecule has 1 aliphatic heterocycles. The van der Waals surface area contributed by atoms with Crippen LogP contribution in [0.4, 0.5) is 5.69 Å². The van der Waals surface area contributed by atoms with E-state index >= 15 is 0 Å². The highest BCUT2D eigenvalue weighted by molar-refractivity contribution is 6.60. The van der Waals surface area contributed by atoms with Crippen LogP contribution in [0.1, 0.15) is 55.3 Å². The molecule has 0 radical (unpaired) electrons. The molecule has 0 saturated carbocycles.